The Hall–Kier alpha value is -0.120. The van der Waals surface area contributed by atoms with Crippen LogP contribution in [0.25, 0.3) is 0 Å². The summed E-state index contributed by atoms with van der Waals surface area (Å²) in [6.07, 6.45) is 2.13. The number of aliphatic hydroxyl groups is 1. The predicted octanol–water partition coefficient (Wildman–Crippen LogP) is 2.62. The summed E-state index contributed by atoms with van der Waals surface area (Å²) < 4.78 is 10.9. The highest BCUT2D eigenvalue weighted by atomic mass is 16.5. The van der Waals surface area contributed by atoms with Crippen LogP contribution in [0.5, 0.6) is 0 Å². The number of rotatable bonds is 9. The molecule has 0 aliphatic carbocycles. The Morgan fingerprint density at radius 1 is 1.19 bits per heavy atom. The van der Waals surface area contributed by atoms with E-state index in [9.17, 15) is 5.11 Å². The lowest BCUT2D eigenvalue weighted by atomic mass is 9.82. The Balaban J connectivity index is 4.51. The molecule has 0 saturated carbocycles. The molecule has 0 rings (SSSR count). The van der Waals surface area contributed by atoms with Crippen molar-refractivity contribution in [1.82, 2.24) is 0 Å². The van der Waals surface area contributed by atoms with E-state index in [2.05, 4.69) is 20.8 Å². The van der Waals surface area contributed by atoms with Crippen molar-refractivity contribution in [3.63, 3.8) is 0 Å². The molecule has 0 heterocycles. The second kappa shape index (κ2) is 8.04. The molecular formula is C13H28O3. The summed E-state index contributed by atoms with van der Waals surface area (Å²) in [6, 6.07) is 0. The first-order valence-corrected chi connectivity index (χ1v) is 6.38. The van der Waals surface area contributed by atoms with Crippen LogP contribution in [0.1, 0.15) is 47.0 Å². The van der Waals surface area contributed by atoms with Crippen molar-refractivity contribution in [3.8, 4) is 0 Å². The molecule has 0 radical (unpaired) electrons. The average Bonchev–Trinajstić information content (AvgIpc) is 2.32. The molecule has 98 valence electrons. The lowest BCUT2D eigenvalue weighted by molar-refractivity contribution is -0.143. The van der Waals surface area contributed by atoms with Crippen molar-refractivity contribution in [2.24, 2.45) is 5.92 Å². The van der Waals surface area contributed by atoms with Gasteiger partial charge in [-0.3, -0.25) is 0 Å². The van der Waals surface area contributed by atoms with Gasteiger partial charge in [-0.25, -0.2) is 0 Å². The van der Waals surface area contributed by atoms with Gasteiger partial charge in [0.1, 0.15) is 0 Å². The highest BCUT2D eigenvalue weighted by Gasteiger charge is 2.38. The van der Waals surface area contributed by atoms with E-state index in [-0.39, 0.29) is 11.5 Å². The van der Waals surface area contributed by atoms with Crippen LogP contribution >= 0.6 is 0 Å². The Morgan fingerprint density at radius 2 is 1.75 bits per heavy atom. The van der Waals surface area contributed by atoms with Gasteiger partial charge in [-0.05, 0) is 32.1 Å². The molecule has 0 bridgehead atoms. The van der Waals surface area contributed by atoms with Gasteiger partial charge >= 0.3 is 0 Å². The van der Waals surface area contributed by atoms with Crippen molar-refractivity contribution in [2.75, 3.05) is 20.3 Å². The normalized spacial score (nSPS) is 16.1. The fourth-order valence-corrected chi connectivity index (χ4v) is 2.23. The van der Waals surface area contributed by atoms with Gasteiger partial charge in [-0.15, -0.1) is 0 Å². The molecule has 0 spiro atoms. The molecule has 3 nitrogen and oxygen atoms in total. The average molecular weight is 232 g/mol. The SMILES string of the molecule is CCOC(CC)(CC)C(O)C(C)CCOC. The van der Waals surface area contributed by atoms with E-state index in [0.29, 0.717) is 13.2 Å². The van der Waals surface area contributed by atoms with Crippen molar-refractivity contribution >= 4 is 0 Å². The van der Waals surface area contributed by atoms with Gasteiger partial charge < -0.3 is 14.6 Å². The number of aliphatic hydroxyl groups excluding tert-OH is 1. The molecule has 0 aliphatic rings. The molecule has 0 fully saturated rings. The number of hydrogen-bond acceptors (Lipinski definition) is 3. The van der Waals surface area contributed by atoms with E-state index in [0.717, 1.165) is 19.3 Å². The summed E-state index contributed by atoms with van der Waals surface area (Å²) >= 11 is 0. The second-order valence-electron chi connectivity index (χ2n) is 4.41. The summed E-state index contributed by atoms with van der Waals surface area (Å²) in [4.78, 5) is 0. The minimum atomic E-state index is -0.419. The van der Waals surface area contributed by atoms with Crippen LogP contribution in [-0.2, 0) is 9.47 Å². The van der Waals surface area contributed by atoms with Crippen LogP contribution in [0.3, 0.4) is 0 Å². The zero-order valence-corrected chi connectivity index (χ0v) is 11.5. The molecule has 0 saturated heterocycles. The van der Waals surface area contributed by atoms with Crippen molar-refractivity contribution in [1.29, 1.82) is 0 Å². The van der Waals surface area contributed by atoms with E-state index in [1.165, 1.54) is 0 Å². The third-order valence-electron chi connectivity index (χ3n) is 3.48. The van der Waals surface area contributed by atoms with Gasteiger partial charge in [0.05, 0.1) is 11.7 Å². The third kappa shape index (κ3) is 4.04. The van der Waals surface area contributed by atoms with Gasteiger partial charge in [-0.2, -0.15) is 0 Å². The summed E-state index contributed by atoms with van der Waals surface area (Å²) in [7, 11) is 1.69. The maximum Gasteiger partial charge on any atom is 0.0937 e. The maximum absolute atomic E-state index is 10.4. The Bertz CT molecular complexity index is 167. The molecule has 3 heteroatoms. The molecule has 0 aliphatic heterocycles. The van der Waals surface area contributed by atoms with E-state index < -0.39 is 6.10 Å². The van der Waals surface area contributed by atoms with Crippen LogP contribution in [0.4, 0.5) is 0 Å². The largest absolute Gasteiger partial charge is 0.390 e. The monoisotopic (exact) mass is 232 g/mol. The molecule has 2 unspecified atom stereocenters. The van der Waals surface area contributed by atoms with Gasteiger partial charge in [0.2, 0.25) is 0 Å². The lowest BCUT2D eigenvalue weighted by Crippen LogP contribution is -2.47. The van der Waals surface area contributed by atoms with E-state index in [1.807, 2.05) is 6.92 Å². The molecule has 16 heavy (non-hydrogen) atoms. The number of hydrogen-bond donors (Lipinski definition) is 1. The van der Waals surface area contributed by atoms with Gasteiger partial charge in [0.25, 0.3) is 0 Å². The minimum absolute atomic E-state index is 0.200. The molecule has 0 amide bonds. The van der Waals surface area contributed by atoms with Crippen molar-refractivity contribution < 1.29 is 14.6 Å². The van der Waals surface area contributed by atoms with E-state index in [4.69, 9.17) is 9.47 Å². The summed E-state index contributed by atoms with van der Waals surface area (Å²) in [5, 5.41) is 10.4. The summed E-state index contributed by atoms with van der Waals surface area (Å²) in [5.74, 6) is 0.200. The Morgan fingerprint density at radius 3 is 2.12 bits per heavy atom. The second-order valence-corrected chi connectivity index (χ2v) is 4.41. The first-order chi connectivity index (χ1) is 7.57. The van der Waals surface area contributed by atoms with Crippen LogP contribution in [-0.4, -0.2) is 37.1 Å². The topological polar surface area (TPSA) is 38.7 Å². The quantitative estimate of drug-likeness (QED) is 0.664. The first kappa shape index (κ1) is 15.9. The number of methoxy groups -OCH3 is 1. The molecule has 0 aromatic rings. The lowest BCUT2D eigenvalue weighted by Gasteiger charge is -2.39. The van der Waals surface area contributed by atoms with E-state index in [1.54, 1.807) is 7.11 Å². The fraction of sp³-hybridized carbons (Fsp3) is 1.00. The smallest absolute Gasteiger partial charge is 0.0937 e. The molecular weight excluding hydrogens is 204 g/mol. The predicted molar refractivity (Wildman–Crippen MR) is 66.6 cm³/mol. The van der Waals surface area contributed by atoms with Crippen molar-refractivity contribution in [3.05, 3.63) is 0 Å². The van der Waals surface area contributed by atoms with Gasteiger partial charge in [-0.1, -0.05) is 20.8 Å². The standard InChI is InChI=1S/C13H28O3/c1-6-13(7-2,16-8-3)12(14)11(4)9-10-15-5/h11-12,14H,6-10H2,1-5H3. The summed E-state index contributed by atoms with van der Waals surface area (Å²) in [5.41, 5.74) is -0.387. The first-order valence-electron chi connectivity index (χ1n) is 6.38. The Labute approximate surface area is 100 Å². The van der Waals surface area contributed by atoms with Gasteiger partial charge in [0, 0.05) is 20.3 Å². The third-order valence-corrected chi connectivity index (χ3v) is 3.48. The Kier molecular flexibility index (Phi) is 7.98. The molecule has 1 N–H and O–H groups in total. The minimum Gasteiger partial charge on any atom is -0.390 e. The van der Waals surface area contributed by atoms with Crippen molar-refractivity contribution in [2.45, 2.75) is 58.7 Å². The van der Waals surface area contributed by atoms with E-state index >= 15 is 0 Å². The molecule has 2 atom stereocenters. The van der Waals surface area contributed by atoms with Crippen LogP contribution in [0.2, 0.25) is 0 Å². The maximum atomic E-state index is 10.4. The fourth-order valence-electron chi connectivity index (χ4n) is 2.23. The summed E-state index contributed by atoms with van der Waals surface area (Å²) in [6.45, 7) is 9.52. The highest BCUT2D eigenvalue weighted by Crippen LogP contribution is 2.30. The highest BCUT2D eigenvalue weighted by molar-refractivity contribution is 4.89. The van der Waals surface area contributed by atoms with Crippen LogP contribution in [0, 0.1) is 5.92 Å². The molecule has 0 aromatic carbocycles. The number of ether oxygens (including phenoxy) is 2. The zero-order chi connectivity index (χ0) is 12.6. The van der Waals surface area contributed by atoms with Crippen LogP contribution in [0.15, 0.2) is 0 Å². The van der Waals surface area contributed by atoms with Gasteiger partial charge in [0.15, 0.2) is 0 Å². The molecule has 0 aromatic heterocycles. The van der Waals surface area contributed by atoms with Crippen LogP contribution < -0.4 is 0 Å². The zero-order valence-electron chi connectivity index (χ0n) is 11.5.